The van der Waals surface area contributed by atoms with E-state index >= 15 is 0 Å². The molecule has 2 saturated heterocycles. The number of hydrogen-bond acceptors (Lipinski definition) is 12. The van der Waals surface area contributed by atoms with Gasteiger partial charge in [-0.15, -0.1) is 0 Å². The lowest BCUT2D eigenvalue weighted by molar-refractivity contribution is -0.141. The van der Waals surface area contributed by atoms with Crippen LogP contribution >= 0.6 is 0 Å². The summed E-state index contributed by atoms with van der Waals surface area (Å²) in [4.78, 5) is 56.0. The number of nitrogens with zero attached hydrogens (tertiary/aromatic N) is 2. The molecule has 4 N–H and O–H groups in total. The maximum Gasteiger partial charge on any atom is 0.416 e. The van der Waals surface area contributed by atoms with Crippen LogP contribution in [0.1, 0.15) is 93.6 Å². The number of aromatic nitrogens is 2. The Hall–Kier alpha value is -7.84. The second-order valence-electron chi connectivity index (χ2n) is 18.6. The second kappa shape index (κ2) is 27.5. The molecule has 0 unspecified atom stereocenters. The van der Waals surface area contributed by atoms with Gasteiger partial charge in [0.2, 0.25) is 0 Å². The number of rotatable bonds is 18. The summed E-state index contributed by atoms with van der Waals surface area (Å²) in [5.74, 6) is 0.279. The van der Waals surface area contributed by atoms with Crippen LogP contribution in [0.5, 0.6) is 0 Å². The maximum atomic E-state index is 12.9. The van der Waals surface area contributed by atoms with Crippen LogP contribution in [0.2, 0.25) is 0 Å². The van der Waals surface area contributed by atoms with Crippen LogP contribution < -0.4 is 21.3 Å². The first-order valence-electron chi connectivity index (χ1n) is 25.3. The number of nitrogens with one attached hydrogen (secondary N) is 4. The van der Waals surface area contributed by atoms with E-state index in [1.807, 2.05) is 48.5 Å². The predicted molar refractivity (Wildman–Crippen MR) is 280 cm³/mol. The van der Waals surface area contributed by atoms with Crippen molar-refractivity contribution in [2.45, 2.75) is 63.0 Å². The smallest absolute Gasteiger partial charge is 0.416 e. The van der Waals surface area contributed by atoms with Gasteiger partial charge in [0.05, 0.1) is 61.4 Å². The lowest BCUT2D eigenvalue weighted by Gasteiger charge is -2.32. The molecule has 2 atom stereocenters. The van der Waals surface area contributed by atoms with Gasteiger partial charge < -0.3 is 40.2 Å². The number of methoxy groups -OCH3 is 2. The summed E-state index contributed by atoms with van der Waals surface area (Å²) in [6.45, 7) is 2.96. The molecule has 4 heterocycles. The number of amides is 2. The molecular weight excluding hydrogens is 1020 g/mol. The molecule has 2 fully saturated rings. The number of carbonyl (C=O) groups excluding carboxylic acids is 4. The third kappa shape index (κ3) is 16.6. The van der Waals surface area contributed by atoms with E-state index < -0.39 is 35.4 Å². The minimum absolute atomic E-state index is 0.0808. The molecule has 6 aromatic rings. The van der Waals surface area contributed by atoms with Gasteiger partial charge in [0.1, 0.15) is 11.6 Å². The number of esters is 2. The van der Waals surface area contributed by atoms with Gasteiger partial charge in [0.25, 0.3) is 11.8 Å². The SMILES string of the molecule is COC(=O)CCNC(=O)c1ccc(N[C@@H](c2ccc(-c3ccc(C(F)(F)F)cc3)cc2)C2CCOCC2)nc1.COC(=O)CCNC(=O)c1ccc(N[C@H](c2ccc(-c3ccc(C(F)(F)F)cc3)cc2)C2CCOCC2)nc1. The monoisotopic (exact) mass is 1080 g/mol. The third-order valence-corrected chi connectivity index (χ3v) is 13.4. The van der Waals surface area contributed by atoms with E-state index in [-0.39, 0.29) is 61.7 Å². The van der Waals surface area contributed by atoms with Crippen molar-refractivity contribution >= 4 is 35.4 Å². The number of pyridine rings is 2. The van der Waals surface area contributed by atoms with Gasteiger partial charge in [0.15, 0.2) is 0 Å². The molecule has 0 radical (unpaired) electrons. The molecule has 8 rings (SSSR count). The van der Waals surface area contributed by atoms with Gasteiger partial charge >= 0.3 is 24.3 Å². The Bertz CT molecular complexity index is 2680. The first-order valence-corrected chi connectivity index (χ1v) is 25.3. The van der Waals surface area contributed by atoms with Gasteiger partial charge in [0, 0.05) is 51.9 Å². The number of anilines is 2. The Morgan fingerprint density at radius 3 is 1.10 bits per heavy atom. The van der Waals surface area contributed by atoms with E-state index in [1.165, 1.54) is 50.9 Å². The molecule has 2 aliphatic heterocycles. The van der Waals surface area contributed by atoms with Crippen molar-refractivity contribution in [1.29, 1.82) is 0 Å². The molecule has 412 valence electrons. The highest BCUT2D eigenvalue weighted by atomic mass is 19.4. The van der Waals surface area contributed by atoms with E-state index in [4.69, 9.17) is 9.47 Å². The van der Waals surface area contributed by atoms with Crippen LogP contribution in [0.3, 0.4) is 0 Å². The Kier molecular flexibility index (Phi) is 20.4. The number of hydrogen-bond donors (Lipinski definition) is 4. The highest BCUT2D eigenvalue weighted by Gasteiger charge is 2.32. The van der Waals surface area contributed by atoms with Gasteiger partial charge in [-0.3, -0.25) is 19.2 Å². The maximum absolute atomic E-state index is 12.9. The van der Waals surface area contributed by atoms with Crippen LogP contribution in [0.25, 0.3) is 22.3 Å². The average molecular weight is 1080 g/mol. The van der Waals surface area contributed by atoms with E-state index in [1.54, 1.807) is 24.3 Å². The third-order valence-electron chi connectivity index (χ3n) is 13.4. The lowest BCUT2D eigenvalue weighted by atomic mass is 9.86. The molecule has 14 nitrogen and oxygen atoms in total. The molecule has 0 bridgehead atoms. The fourth-order valence-corrected chi connectivity index (χ4v) is 9.02. The predicted octanol–water partition coefficient (Wildman–Crippen LogP) is 11.3. The average Bonchev–Trinajstić information content (AvgIpc) is 3.46. The van der Waals surface area contributed by atoms with Crippen LogP contribution in [0.4, 0.5) is 38.0 Å². The van der Waals surface area contributed by atoms with Crippen molar-refractivity contribution in [3.05, 3.63) is 167 Å². The molecule has 78 heavy (non-hydrogen) atoms. The van der Waals surface area contributed by atoms with Crippen LogP contribution in [0, 0.1) is 11.8 Å². The number of ether oxygens (including phenoxy) is 4. The number of halogens is 6. The first-order chi connectivity index (χ1) is 37.5. The second-order valence-corrected chi connectivity index (χ2v) is 18.6. The highest BCUT2D eigenvalue weighted by molar-refractivity contribution is 5.94. The summed E-state index contributed by atoms with van der Waals surface area (Å²) >= 11 is 0. The molecule has 0 saturated carbocycles. The standard InChI is InChI=1S/2C29H30F3N3O4/c2*1-38-26(36)12-15-33-28(37)23-8-11-25(34-18-23)35-27(22-13-16-39-17-14-22)21-4-2-19(3-5-21)20-6-9-24(10-7-20)29(30,31)32/h2*2-11,18,22,27H,12-17H2,1H3,(H,33,37)(H,34,35)/t2*27-/m10/s1. The van der Waals surface area contributed by atoms with E-state index in [2.05, 4.69) is 40.7 Å². The summed E-state index contributed by atoms with van der Waals surface area (Å²) in [5, 5.41) is 12.3. The summed E-state index contributed by atoms with van der Waals surface area (Å²) in [5.41, 5.74) is 4.46. The molecule has 0 aliphatic carbocycles. The summed E-state index contributed by atoms with van der Waals surface area (Å²) in [6.07, 6.45) is -2.18. The molecule has 2 amide bonds. The molecule has 0 spiro atoms. The van der Waals surface area contributed by atoms with Crippen molar-refractivity contribution in [3.8, 4) is 22.3 Å². The van der Waals surface area contributed by atoms with Gasteiger partial charge in [-0.1, -0.05) is 72.8 Å². The zero-order chi connectivity index (χ0) is 55.7. The lowest BCUT2D eigenvalue weighted by Crippen LogP contribution is -2.28. The van der Waals surface area contributed by atoms with Crippen molar-refractivity contribution in [3.63, 3.8) is 0 Å². The van der Waals surface area contributed by atoms with Crippen molar-refractivity contribution in [2.24, 2.45) is 11.8 Å². The molecule has 2 aromatic heterocycles. The fraction of sp³-hybridized carbons (Fsp3) is 0.345. The molecular formula is C58H60F6N6O8. The molecule has 4 aromatic carbocycles. The quantitative estimate of drug-likeness (QED) is 0.0473. The van der Waals surface area contributed by atoms with Crippen LogP contribution in [0.15, 0.2) is 134 Å². The number of alkyl halides is 6. The summed E-state index contributed by atoms with van der Waals surface area (Å²) < 4.78 is 97.7. The highest BCUT2D eigenvalue weighted by Crippen LogP contribution is 2.37. The van der Waals surface area contributed by atoms with E-state index in [0.29, 0.717) is 60.3 Å². The van der Waals surface area contributed by atoms with Gasteiger partial charge in [-0.05, 0) is 119 Å². The van der Waals surface area contributed by atoms with Crippen molar-refractivity contribution in [2.75, 3.05) is 64.4 Å². The van der Waals surface area contributed by atoms with E-state index in [0.717, 1.165) is 72.2 Å². The normalized spacial score (nSPS) is 14.9. The summed E-state index contributed by atoms with van der Waals surface area (Å²) in [6, 6.07) is 32.4. The Morgan fingerprint density at radius 1 is 0.500 bits per heavy atom. The van der Waals surface area contributed by atoms with Crippen molar-refractivity contribution < 1.29 is 64.5 Å². The molecule has 2 aliphatic rings. The number of carbonyl (C=O) groups is 4. The van der Waals surface area contributed by atoms with Crippen molar-refractivity contribution in [1.82, 2.24) is 20.6 Å². The Balaban J connectivity index is 0.000000226. The minimum Gasteiger partial charge on any atom is -0.469 e. The fourth-order valence-electron chi connectivity index (χ4n) is 9.02. The zero-order valence-electron chi connectivity index (χ0n) is 42.9. The first kappa shape index (κ1) is 57.9. The van der Waals surface area contributed by atoms with Crippen LogP contribution in [-0.4, -0.2) is 87.5 Å². The van der Waals surface area contributed by atoms with Crippen LogP contribution in [-0.2, 0) is 40.9 Å². The minimum atomic E-state index is -4.37. The van der Waals surface area contributed by atoms with E-state index in [9.17, 15) is 45.5 Å². The number of benzene rings is 4. The Morgan fingerprint density at radius 2 is 0.821 bits per heavy atom. The molecule has 20 heteroatoms. The largest absolute Gasteiger partial charge is 0.469 e. The van der Waals surface area contributed by atoms with Gasteiger partial charge in [-0.2, -0.15) is 26.3 Å². The topological polar surface area (TPSA) is 179 Å². The Labute approximate surface area is 447 Å². The summed E-state index contributed by atoms with van der Waals surface area (Å²) in [7, 11) is 2.59. The zero-order valence-corrected chi connectivity index (χ0v) is 42.9. The van der Waals surface area contributed by atoms with Gasteiger partial charge in [-0.25, -0.2) is 9.97 Å².